The molecule has 0 aromatic heterocycles. The van der Waals surface area contributed by atoms with Crippen LogP contribution in [-0.4, -0.2) is 47.9 Å². The molecule has 0 N–H and O–H groups in total. The van der Waals surface area contributed by atoms with E-state index >= 15 is 0 Å². The van der Waals surface area contributed by atoms with Crippen molar-refractivity contribution in [1.82, 2.24) is 8.46 Å². The van der Waals surface area contributed by atoms with Gasteiger partial charge in [-0.05, 0) is 26.2 Å². The van der Waals surface area contributed by atoms with Gasteiger partial charge in [-0.3, -0.25) is 0 Å². The molecule has 0 atom stereocenters. The van der Waals surface area contributed by atoms with E-state index in [0.29, 0.717) is 0 Å². The number of hydrogen-bond acceptors (Lipinski definition) is 2. The third-order valence-electron chi connectivity index (χ3n) is 2.98. The van der Waals surface area contributed by atoms with E-state index < -0.39 is 8.40 Å². The fraction of sp³-hybridized carbons (Fsp3) is 1.00. The maximum atomic E-state index is 2.93. The molecule has 90 valence electrons. The maximum absolute atomic E-state index is 2.93. The highest BCUT2D eigenvalue weighted by molar-refractivity contribution is 6.92. The summed E-state index contributed by atoms with van der Waals surface area (Å²) in [5.41, 5.74) is 0. The van der Waals surface area contributed by atoms with E-state index in [2.05, 4.69) is 61.6 Å². The van der Waals surface area contributed by atoms with Gasteiger partial charge in [-0.15, -0.1) is 0 Å². The molecule has 0 saturated heterocycles. The van der Waals surface area contributed by atoms with Crippen LogP contribution >= 0.6 is 0 Å². The van der Waals surface area contributed by atoms with Crippen LogP contribution in [0.15, 0.2) is 0 Å². The molecule has 0 bridgehead atoms. The Morgan fingerprint density at radius 3 is 1.40 bits per heavy atom. The Balaban J connectivity index is 4.92. The summed E-state index contributed by atoms with van der Waals surface area (Å²) >= 11 is 0. The summed E-state index contributed by atoms with van der Waals surface area (Å²) in [6.45, 7) is 21.8. The van der Waals surface area contributed by atoms with Crippen LogP contribution in [0.2, 0.25) is 39.3 Å². The van der Waals surface area contributed by atoms with E-state index in [-0.39, 0.29) is 17.9 Å². The molecule has 0 aromatic rings. The van der Waals surface area contributed by atoms with Crippen LogP contribution in [-0.2, 0) is 0 Å². The van der Waals surface area contributed by atoms with Gasteiger partial charge in [0, 0.05) is 0 Å². The lowest BCUT2D eigenvalue weighted by Gasteiger charge is -2.48. The van der Waals surface area contributed by atoms with Crippen LogP contribution in [0.25, 0.3) is 0 Å². The van der Waals surface area contributed by atoms with E-state index in [1.54, 1.807) is 0 Å². The minimum Gasteiger partial charge on any atom is -0.358 e. The fourth-order valence-electron chi connectivity index (χ4n) is 2.68. The first kappa shape index (κ1) is 15.6. The molecular formula is C10H28N2Si3. The van der Waals surface area contributed by atoms with E-state index in [4.69, 9.17) is 0 Å². The zero-order valence-electron chi connectivity index (χ0n) is 11.8. The molecule has 0 aliphatic carbocycles. The molecule has 2 radical (unpaired) electrons. The van der Waals surface area contributed by atoms with Gasteiger partial charge in [-0.25, -0.2) is 0 Å². The maximum Gasteiger partial charge on any atom is 0.186 e. The van der Waals surface area contributed by atoms with Crippen LogP contribution in [0, 0.1) is 0 Å². The van der Waals surface area contributed by atoms with Crippen molar-refractivity contribution in [3.8, 4) is 0 Å². The van der Waals surface area contributed by atoms with Crippen molar-refractivity contribution in [1.29, 1.82) is 0 Å². The van der Waals surface area contributed by atoms with Gasteiger partial charge in [0.05, 0.1) is 0 Å². The van der Waals surface area contributed by atoms with Crippen LogP contribution in [0.5, 0.6) is 0 Å². The molecule has 0 fully saturated rings. The quantitative estimate of drug-likeness (QED) is 0.678. The van der Waals surface area contributed by atoms with Gasteiger partial charge >= 0.3 is 0 Å². The van der Waals surface area contributed by atoms with Crippen molar-refractivity contribution in [2.75, 3.05) is 13.1 Å². The monoisotopic (exact) mass is 260 g/mol. The van der Waals surface area contributed by atoms with Gasteiger partial charge < -0.3 is 8.46 Å². The van der Waals surface area contributed by atoms with E-state index in [9.17, 15) is 0 Å². The third-order valence-corrected chi connectivity index (χ3v) is 16.7. The molecule has 0 rings (SSSR count). The molecule has 0 spiro atoms. The molecule has 2 nitrogen and oxygen atoms in total. The summed E-state index contributed by atoms with van der Waals surface area (Å²) in [7, 11) is -1.92. The molecule has 0 amide bonds. The standard InChI is InChI=1S/C10H28N2Si3/c1-9-11(10-2)15(7,8)12(13(3)4)14(5)6/h9-10H2,1-8H3. The lowest BCUT2D eigenvalue weighted by molar-refractivity contribution is 0.445. The Morgan fingerprint density at radius 2 is 1.20 bits per heavy atom. The van der Waals surface area contributed by atoms with Gasteiger partial charge in [0.1, 0.15) is 17.9 Å². The van der Waals surface area contributed by atoms with Crippen molar-refractivity contribution in [3.63, 3.8) is 0 Å². The number of rotatable bonds is 6. The van der Waals surface area contributed by atoms with Gasteiger partial charge in [0.2, 0.25) is 0 Å². The Kier molecular flexibility index (Phi) is 6.58. The fourth-order valence-corrected chi connectivity index (χ4v) is 17.7. The van der Waals surface area contributed by atoms with Gasteiger partial charge in [-0.2, -0.15) is 0 Å². The van der Waals surface area contributed by atoms with Crippen LogP contribution in [0.4, 0.5) is 0 Å². The van der Waals surface area contributed by atoms with Gasteiger partial charge in [-0.1, -0.05) is 40.0 Å². The second-order valence-electron chi connectivity index (χ2n) is 4.90. The molecule has 0 heterocycles. The summed E-state index contributed by atoms with van der Waals surface area (Å²) in [5.74, 6) is 0. The normalized spacial score (nSPS) is 13.6. The van der Waals surface area contributed by atoms with Crippen molar-refractivity contribution >= 4 is 26.3 Å². The highest BCUT2D eigenvalue weighted by atomic mass is 28.4. The first-order valence-corrected chi connectivity index (χ1v) is 13.7. The molecule has 0 aliphatic rings. The summed E-state index contributed by atoms with van der Waals surface area (Å²) in [6, 6.07) is 0. The SMILES string of the molecule is CCN(CC)[Si](C)(C)N([Si](C)C)[Si](C)C. The second kappa shape index (κ2) is 6.34. The Labute approximate surface area is 101 Å². The minimum absolute atomic E-state index is 0.295. The van der Waals surface area contributed by atoms with Crippen LogP contribution in [0.3, 0.4) is 0 Å². The van der Waals surface area contributed by atoms with Gasteiger partial charge in [0.25, 0.3) is 0 Å². The van der Waals surface area contributed by atoms with Gasteiger partial charge in [0.15, 0.2) is 8.40 Å². The minimum atomic E-state index is -1.33. The predicted octanol–water partition coefficient (Wildman–Crippen LogP) is 2.83. The summed E-state index contributed by atoms with van der Waals surface area (Å²) < 4.78 is 5.64. The smallest absolute Gasteiger partial charge is 0.186 e. The zero-order valence-corrected chi connectivity index (χ0v) is 14.8. The molecule has 5 heteroatoms. The molecular weight excluding hydrogens is 232 g/mol. The summed E-state index contributed by atoms with van der Waals surface area (Å²) in [4.78, 5) is 0. The Hall–Kier alpha value is 0.571. The molecule has 0 unspecified atom stereocenters. The largest absolute Gasteiger partial charge is 0.358 e. The number of hydrogen-bond donors (Lipinski definition) is 0. The van der Waals surface area contributed by atoms with E-state index in [0.717, 1.165) is 0 Å². The Morgan fingerprint density at radius 1 is 0.867 bits per heavy atom. The predicted molar refractivity (Wildman–Crippen MR) is 77.2 cm³/mol. The lowest BCUT2D eigenvalue weighted by Crippen LogP contribution is -2.68. The first-order valence-electron chi connectivity index (χ1n) is 5.94. The van der Waals surface area contributed by atoms with Crippen molar-refractivity contribution in [2.24, 2.45) is 0 Å². The van der Waals surface area contributed by atoms with Crippen molar-refractivity contribution in [3.05, 3.63) is 0 Å². The van der Waals surface area contributed by atoms with Crippen molar-refractivity contribution < 1.29 is 0 Å². The summed E-state index contributed by atoms with van der Waals surface area (Å²) in [5, 5.41) is 0. The molecule has 0 aliphatic heterocycles. The van der Waals surface area contributed by atoms with Crippen molar-refractivity contribution in [2.45, 2.75) is 53.1 Å². The molecule has 15 heavy (non-hydrogen) atoms. The molecule has 0 aromatic carbocycles. The topological polar surface area (TPSA) is 6.48 Å². The summed E-state index contributed by atoms with van der Waals surface area (Å²) in [6.07, 6.45) is 0. The van der Waals surface area contributed by atoms with E-state index in [1.165, 1.54) is 13.1 Å². The zero-order chi connectivity index (χ0) is 12.2. The average molecular weight is 261 g/mol. The number of nitrogens with zero attached hydrogens (tertiary/aromatic N) is 2. The highest BCUT2D eigenvalue weighted by Gasteiger charge is 2.38. The first-order chi connectivity index (χ1) is 6.78. The van der Waals surface area contributed by atoms with E-state index in [1.807, 2.05) is 0 Å². The van der Waals surface area contributed by atoms with Crippen LogP contribution < -0.4 is 0 Å². The van der Waals surface area contributed by atoms with Crippen LogP contribution in [0.1, 0.15) is 13.8 Å². The third kappa shape index (κ3) is 3.81. The highest BCUT2D eigenvalue weighted by Crippen LogP contribution is 2.18. The second-order valence-corrected chi connectivity index (χ2v) is 15.0. The average Bonchev–Trinajstić information content (AvgIpc) is 2.02. The lowest BCUT2D eigenvalue weighted by atomic mass is 10.7. The Bertz CT molecular complexity index is 172. The molecule has 0 saturated carbocycles.